The van der Waals surface area contributed by atoms with E-state index in [1.54, 1.807) is 42.6 Å². The molecule has 0 aliphatic heterocycles. The summed E-state index contributed by atoms with van der Waals surface area (Å²) in [5.41, 5.74) is 3.57. The number of rotatable bonds is 9. The summed E-state index contributed by atoms with van der Waals surface area (Å²) < 4.78 is 13.1. The molecule has 2 heterocycles. The number of hydrogen-bond donors (Lipinski definition) is 1. The van der Waals surface area contributed by atoms with Crippen molar-refractivity contribution in [1.82, 2.24) is 25.1 Å². The van der Waals surface area contributed by atoms with Crippen LogP contribution in [0.4, 0.5) is 0 Å². The molecule has 2 aromatic heterocycles. The molecule has 162 valence electrons. The summed E-state index contributed by atoms with van der Waals surface area (Å²) in [4.78, 5) is 20.5. The number of benzene rings is 2. The van der Waals surface area contributed by atoms with Crippen LogP contribution in [0.5, 0.6) is 11.5 Å². The molecule has 0 fully saturated rings. The minimum atomic E-state index is -0.144. The first-order valence-corrected chi connectivity index (χ1v) is 10.1. The van der Waals surface area contributed by atoms with Crippen molar-refractivity contribution in [2.75, 3.05) is 7.11 Å². The molecule has 0 unspecified atom stereocenters. The Morgan fingerprint density at radius 3 is 2.44 bits per heavy atom. The second-order valence-electron chi connectivity index (χ2n) is 7.10. The van der Waals surface area contributed by atoms with Gasteiger partial charge in [-0.1, -0.05) is 18.2 Å². The molecule has 1 amide bonds. The summed E-state index contributed by atoms with van der Waals surface area (Å²) in [5, 5.41) is 7.02. The number of aromatic nitrogens is 4. The Labute approximate surface area is 185 Å². The molecule has 0 saturated heterocycles. The zero-order chi connectivity index (χ0) is 22.2. The number of pyridine rings is 1. The molecule has 2 aromatic carbocycles. The molecule has 1 N–H and O–H groups in total. The largest absolute Gasteiger partial charge is 0.493 e. The lowest BCUT2D eigenvalue weighted by Gasteiger charge is -2.13. The van der Waals surface area contributed by atoms with Crippen molar-refractivity contribution in [3.63, 3.8) is 0 Å². The van der Waals surface area contributed by atoms with E-state index in [9.17, 15) is 4.79 Å². The fourth-order valence-corrected chi connectivity index (χ4v) is 3.13. The number of nitrogens with zero attached hydrogens (tertiary/aromatic N) is 4. The summed E-state index contributed by atoms with van der Waals surface area (Å²) >= 11 is 0. The van der Waals surface area contributed by atoms with Gasteiger partial charge in [-0.25, -0.2) is 9.67 Å². The van der Waals surface area contributed by atoms with Crippen molar-refractivity contribution in [2.24, 2.45) is 0 Å². The Morgan fingerprint density at radius 2 is 1.72 bits per heavy atom. The second kappa shape index (κ2) is 10.2. The zero-order valence-corrected chi connectivity index (χ0v) is 17.6. The number of amides is 1. The quantitative estimate of drug-likeness (QED) is 0.439. The van der Waals surface area contributed by atoms with Gasteiger partial charge in [-0.15, -0.1) is 0 Å². The van der Waals surface area contributed by atoms with Crippen LogP contribution in [0.2, 0.25) is 0 Å². The molecule has 0 aliphatic rings. The zero-order valence-electron chi connectivity index (χ0n) is 17.6. The topological polar surface area (TPSA) is 91.2 Å². The van der Waals surface area contributed by atoms with Gasteiger partial charge in [-0.3, -0.25) is 9.78 Å². The normalized spacial score (nSPS) is 10.5. The van der Waals surface area contributed by atoms with E-state index in [1.807, 2.05) is 42.5 Å². The molecule has 4 rings (SSSR count). The van der Waals surface area contributed by atoms with Crippen molar-refractivity contribution in [3.8, 4) is 11.5 Å². The van der Waals surface area contributed by atoms with Crippen molar-refractivity contribution in [2.45, 2.75) is 19.7 Å². The van der Waals surface area contributed by atoms with E-state index in [1.165, 1.54) is 6.33 Å². The first-order valence-electron chi connectivity index (χ1n) is 10.1. The van der Waals surface area contributed by atoms with Crippen LogP contribution < -0.4 is 14.8 Å². The Bertz CT molecular complexity index is 1150. The van der Waals surface area contributed by atoms with E-state index >= 15 is 0 Å². The summed E-state index contributed by atoms with van der Waals surface area (Å²) in [6, 6.07) is 16.9. The third-order valence-corrected chi connectivity index (χ3v) is 4.85. The molecule has 0 spiro atoms. The lowest BCUT2D eigenvalue weighted by atomic mass is 10.1. The average Bonchev–Trinajstić information content (AvgIpc) is 3.35. The molecule has 0 saturated carbocycles. The van der Waals surface area contributed by atoms with Crippen LogP contribution in [0.1, 0.15) is 27.0 Å². The average molecular weight is 429 g/mol. The highest BCUT2D eigenvalue weighted by Gasteiger charge is 2.09. The maximum absolute atomic E-state index is 12.5. The van der Waals surface area contributed by atoms with Gasteiger partial charge in [0.05, 0.1) is 13.7 Å². The molecular weight excluding hydrogens is 406 g/mol. The van der Waals surface area contributed by atoms with E-state index in [-0.39, 0.29) is 5.91 Å². The van der Waals surface area contributed by atoms with Crippen LogP contribution >= 0.6 is 0 Å². The van der Waals surface area contributed by atoms with Crippen LogP contribution in [0.15, 0.2) is 79.6 Å². The van der Waals surface area contributed by atoms with Gasteiger partial charge < -0.3 is 14.8 Å². The van der Waals surface area contributed by atoms with E-state index in [0.29, 0.717) is 36.8 Å². The molecule has 0 atom stereocenters. The predicted molar refractivity (Wildman–Crippen MR) is 118 cm³/mol. The third kappa shape index (κ3) is 5.48. The SMILES string of the molecule is COc1cc(CNC(=O)c2ccc(Cn3cncn3)cc2)ccc1OCc1ccncc1. The van der Waals surface area contributed by atoms with Crippen LogP contribution in [0.25, 0.3) is 0 Å². The van der Waals surface area contributed by atoms with Gasteiger partial charge in [0.1, 0.15) is 19.3 Å². The summed E-state index contributed by atoms with van der Waals surface area (Å²) in [6.07, 6.45) is 6.61. The second-order valence-corrected chi connectivity index (χ2v) is 7.10. The highest BCUT2D eigenvalue weighted by atomic mass is 16.5. The van der Waals surface area contributed by atoms with Crippen LogP contribution in [0, 0.1) is 0 Å². The number of carbonyl (C=O) groups excluding carboxylic acids is 1. The van der Waals surface area contributed by atoms with Crippen LogP contribution in [0.3, 0.4) is 0 Å². The molecule has 32 heavy (non-hydrogen) atoms. The Balaban J connectivity index is 1.33. The van der Waals surface area contributed by atoms with Crippen molar-refractivity contribution >= 4 is 5.91 Å². The molecule has 4 aromatic rings. The number of ether oxygens (including phenoxy) is 2. The predicted octanol–water partition coefficient (Wildman–Crippen LogP) is 3.24. The minimum absolute atomic E-state index is 0.144. The Kier molecular flexibility index (Phi) is 6.72. The monoisotopic (exact) mass is 429 g/mol. The molecule has 0 radical (unpaired) electrons. The summed E-state index contributed by atoms with van der Waals surface area (Å²) in [7, 11) is 1.60. The van der Waals surface area contributed by atoms with Gasteiger partial charge >= 0.3 is 0 Å². The van der Waals surface area contributed by atoms with E-state index in [2.05, 4.69) is 20.4 Å². The lowest BCUT2D eigenvalue weighted by Crippen LogP contribution is -2.22. The van der Waals surface area contributed by atoms with Crippen molar-refractivity contribution in [3.05, 3.63) is 102 Å². The highest BCUT2D eigenvalue weighted by Crippen LogP contribution is 2.28. The summed E-state index contributed by atoms with van der Waals surface area (Å²) in [5.74, 6) is 1.11. The maximum Gasteiger partial charge on any atom is 0.251 e. The van der Waals surface area contributed by atoms with Crippen LogP contribution in [-0.4, -0.2) is 32.8 Å². The van der Waals surface area contributed by atoms with Gasteiger partial charge in [0.25, 0.3) is 5.91 Å². The van der Waals surface area contributed by atoms with Gasteiger partial charge in [0.15, 0.2) is 11.5 Å². The maximum atomic E-state index is 12.5. The standard InChI is InChI=1S/C24H23N5O3/c1-31-23-12-20(4-7-22(23)32-15-19-8-10-25-11-9-19)13-27-24(30)21-5-2-18(3-6-21)14-29-17-26-16-28-29/h2-12,16-17H,13-15H2,1H3,(H,27,30). The number of nitrogens with one attached hydrogen (secondary N) is 1. The lowest BCUT2D eigenvalue weighted by molar-refractivity contribution is 0.0951. The smallest absolute Gasteiger partial charge is 0.251 e. The van der Waals surface area contributed by atoms with Crippen molar-refractivity contribution in [1.29, 1.82) is 0 Å². The Hall–Kier alpha value is -4.20. The molecule has 8 nitrogen and oxygen atoms in total. The molecule has 8 heteroatoms. The number of methoxy groups -OCH3 is 1. The van der Waals surface area contributed by atoms with Gasteiger partial charge in [0.2, 0.25) is 0 Å². The molecule has 0 aliphatic carbocycles. The minimum Gasteiger partial charge on any atom is -0.493 e. The molecular formula is C24H23N5O3. The fourth-order valence-electron chi connectivity index (χ4n) is 3.13. The molecule has 0 bridgehead atoms. The van der Waals surface area contributed by atoms with Gasteiger partial charge in [-0.2, -0.15) is 5.10 Å². The first kappa shape index (κ1) is 21.0. The number of hydrogen-bond acceptors (Lipinski definition) is 6. The van der Waals surface area contributed by atoms with Crippen LogP contribution in [-0.2, 0) is 19.7 Å². The van der Waals surface area contributed by atoms with Crippen molar-refractivity contribution < 1.29 is 14.3 Å². The van der Waals surface area contributed by atoms with Gasteiger partial charge in [-0.05, 0) is 53.1 Å². The van der Waals surface area contributed by atoms with Gasteiger partial charge in [0, 0.05) is 24.5 Å². The summed E-state index contributed by atoms with van der Waals surface area (Å²) in [6.45, 7) is 1.40. The van der Waals surface area contributed by atoms with E-state index in [0.717, 1.165) is 16.7 Å². The Morgan fingerprint density at radius 1 is 0.938 bits per heavy atom. The third-order valence-electron chi connectivity index (χ3n) is 4.85. The number of carbonyl (C=O) groups is 1. The van der Waals surface area contributed by atoms with E-state index < -0.39 is 0 Å². The fraction of sp³-hybridized carbons (Fsp3) is 0.167. The highest BCUT2D eigenvalue weighted by molar-refractivity contribution is 5.94. The van der Waals surface area contributed by atoms with E-state index in [4.69, 9.17) is 9.47 Å². The first-order chi connectivity index (χ1) is 15.7.